The van der Waals surface area contributed by atoms with Gasteiger partial charge < -0.3 is 5.32 Å². The Labute approximate surface area is 133 Å². The number of nitrogens with one attached hydrogen (secondary N) is 1. The van der Waals surface area contributed by atoms with E-state index in [1.165, 1.54) is 6.08 Å². The van der Waals surface area contributed by atoms with Gasteiger partial charge in [0.2, 0.25) is 5.91 Å². The van der Waals surface area contributed by atoms with Crippen molar-refractivity contribution in [3.8, 4) is 5.69 Å². The number of benzene rings is 2. The quantitative estimate of drug-likeness (QED) is 0.732. The van der Waals surface area contributed by atoms with Crippen LogP contribution in [0, 0.1) is 0 Å². The van der Waals surface area contributed by atoms with Crippen LogP contribution in [0.15, 0.2) is 66.7 Å². The molecule has 0 atom stereocenters. The summed E-state index contributed by atoms with van der Waals surface area (Å²) in [6.45, 7) is 0.250. The highest BCUT2D eigenvalue weighted by molar-refractivity contribution is 5.91. The fourth-order valence-electron chi connectivity index (χ4n) is 2.05. The standard InChI is InChI=1S/C17H15N5O/c23-17(12-11-14-7-3-1-4-8-14)18-13-16-19-20-21-22(16)15-9-5-2-6-10-15/h1-12H,13H2,(H,18,23)/b12-11-. The summed E-state index contributed by atoms with van der Waals surface area (Å²) < 4.78 is 1.60. The molecule has 0 unspecified atom stereocenters. The van der Waals surface area contributed by atoms with Crippen LogP contribution >= 0.6 is 0 Å². The maximum absolute atomic E-state index is 11.9. The highest BCUT2D eigenvalue weighted by Gasteiger charge is 2.08. The van der Waals surface area contributed by atoms with E-state index in [9.17, 15) is 4.79 Å². The lowest BCUT2D eigenvalue weighted by molar-refractivity contribution is -0.116. The van der Waals surface area contributed by atoms with Crippen molar-refractivity contribution in [2.24, 2.45) is 0 Å². The zero-order valence-corrected chi connectivity index (χ0v) is 12.3. The van der Waals surface area contributed by atoms with Crippen LogP contribution in [0.5, 0.6) is 0 Å². The van der Waals surface area contributed by atoms with Gasteiger partial charge in [0.15, 0.2) is 5.82 Å². The zero-order chi connectivity index (χ0) is 15.9. The molecule has 0 radical (unpaired) electrons. The van der Waals surface area contributed by atoms with E-state index in [-0.39, 0.29) is 12.5 Å². The van der Waals surface area contributed by atoms with Gasteiger partial charge in [0, 0.05) is 6.08 Å². The Morgan fingerprint density at radius 2 is 1.74 bits per heavy atom. The van der Waals surface area contributed by atoms with Crippen LogP contribution in [0.4, 0.5) is 0 Å². The van der Waals surface area contributed by atoms with Gasteiger partial charge in [0.25, 0.3) is 0 Å². The van der Waals surface area contributed by atoms with Gasteiger partial charge in [-0.2, -0.15) is 4.68 Å². The molecule has 114 valence electrons. The average molecular weight is 305 g/mol. The lowest BCUT2D eigenvalue weighted by Crippen LogP contribution is -2.22. The Bertz CT molecular complexity index is 796. The largest absolute Gasteiger partial charge is 0.345 e. The van der Waals surface area contributed by atoms with Gasteiger partial charge in [-0.3, -0.25) is 4.79 Å². The molecule has 3 rings (SSSR count). The molecule has 0 aliphatic heterocycles. The number of tetrazole rings is 1. The predicted octanol–water partition coefficient (Wildman–Crippen LogP) is 1.99. The predicted molar refractivity (Wildman–Crippen MR) is 86.5 cm³/mol. The summed E-state index contributed by atoms with van der Waals surface area (Å²) >= 11 is 0. The van der Waals surface area contributed by atoms with Crippen LogP contribution in [0.25, 0.3) is 11.8 Å². The third kappa shape index (κ3) is 3.88. The summed E-state index contributed by atoms with van der Waals surface area (Å²) in [6.07, 6.45) is 3.25. The van der Waals surface area contributed by atoms with Crippen LogP contribution in [-0.4, -0.2) is 26.1 Å². The van der Waals surface area contributed by atoms with Gasteiger partial charge in [0.1, 0.15) is 0 Å². The molecule has 0 fully saturated rings. The lowest BCUT2D eigenvalue weighted by Gasteiger charge is -2.04. The fourth-order valence-corrected chi connectivity index (χ4v) is 2.05. The second kappa shape index (κ2) is 7.13. The van der Waals surface area contributed by atoms with Crippen molar-refractivity contribution in [3.63, 3.8) is 0 Å². The summed E-state index contributed by atoms with van der Waals surface area (Å²) in [5, 5.41) is 14.3. The topological polar surface area (TPSA) is 72.7 Å². The third-order valence-corrected chi connectivity index (χ3v) is 3.18. The molecule has 3 aromatic rings. The second-order valence-corrected chi connectivity index (χ2v) is 4.80. The highest BCUT2D eigenvalue weighted by atomic mass is 16.1. The van der Waals surface area contributed by atoms with Crippen molar-refractivity contribution >= 4 is 12.0 Å². The smallest absolute Gasteiger partial charge is 0.244 e. The summed E-state index contributed by atoms with van der Waals surface area (Å²) in [6, 6.07) is 19.2. The number of carbonyl (C=O) groups is 1. The van der Waals surface area contributed by atoms with Crippen LogP contribution in [0.1, 0.15) is 11.4 Å². The van der Waals surface area contributed by atoms with Crippen LogP contribution in [0.3, 0.4) is 0 Å². The summed E-state index contributed by atoms with van der Waals surface area (Å²) in [5.41, 5.74) is 1.82. The molecule has 1 aromatic heterocycles. The average Bonchev–Trinajstić information content (AvgIpc) is 3.08. The second-order valence-electron chi connectivity index (χ2n) is 4.80. The number of hydrogen-bond donors (Lipinski definition) is 1. The van der Waals surface area contributed by atoms with Crippen molar-refractivity contribution in [3.05, 3.63) is 78.1 Å². The number of aromatic nitrogens is 4. The van der Waals surface area contributed by atoms with Gasteiger partial charge in [-0.25, -0.2) is 0 Å². The van der Waals surface area contributed by atoms with Crippen LogP contribution in [-0.2, 0) is 11.3 Å². The highest BCUT2D eigenvalue weighted by Crippen LogP contribution is 2.06. The molecule has 0 saturated carbocycles. The molecule has 1 amide bonds. The Hall–Kier alpha value is -3.28. The van der Waals surface area contributed by atoms with Gasteiger partial charge in [-0.1, -0.05) is 48.5 Å². The van der Waals surface area contributed by atoms with Crippen molar-refractivity contribution in [1.82, 2.24) is 25.5 Å². The molecule has 6 nitrogen and oxygen atoms in total. The first-order valence-electron chi connectivity index (χ1n) is 7.16. The molecule has 2 aromatic carbocycles. The monoisotopic (exact) mass is 305 g/mol. The molecule has 0 saturated heterocycles. The van der Waals surface area contributed by atoms with Gasteiger partial charge >= 0.3 is 0 Å². The third-order valence-electron chi connectivity index (χ3n) is 3.18. The molecule has 6 heteroatoms. The summed E-state index contributed by atoms with van der Waals surface area (Å²) in [7, 11) is 0. The minimum absolute atomic E-state index is 0.198. The van der Waals surface area contributed by atoms with E-state index in [0.29, 0.717) is 5.82 Å². The Morgan fingerprint density at radius 1 is 1.04 bits per heavy atom. The van der Waals surface area contributed by atoms with E-state index in [2.05, 4.69) is 20.8 Å². The fraction of sp³-hybridized carbons (Fsp3) is 0.0588. The molecule has 0 spiro atoms. The van der Waals surface area contributed by atoms with Crippen molar-refractivity contribution < 1.29 is 4.79 Å². The minimum atomic E-state index is -0.198. The number of carbonyl (C=O) groups excluding carboxylic acids is 1. The first-order chi connectivity index (χ1) is 11.3. The first kappa shape index (κ1) is 14.6. The van der Waals surface area contributed by atoms with E-state index in [1.54, 1.807) is 10.8 Å². The van der Waals surface area contributed by atoms with Crippen molar-refractivity contribution in [2.75, 3.05) is 0 Å². The molecule has 1 heterocycles. The van der Waals surface area contributed by atoms with E-state index >= 15 is 0 Å². The molecule has 0 aliphatic rings. The van der Waals surface area contributed by atoms with Crippen LogP contribution < -0.4 is 5.32 Å². The van der Waals surface area contributed by atoms with Crippen molar-refractivity contribution in [1.29, 1.82) is 0 Å². The van der Waals surface area contributed by atoms with Gasteiger partial charge in [0.05, 0.1) is 12.2 Å². The number of para-hydroxylation sites is 1. The normalized spacial score (nSPS) is 10.8. The van der Waals surface area contributed by atoms with E-state index in [4.69, 9.17) is 0 Å². The first-order valence-corrected chi connectivity index (χ1v) is 7.16. The number of amides is 1. The van der Waals surface area contributed by atoms with E-state index in [0.717, 1.165) is 11.3 Å². The maximum Gasteiger partial charge on any atom is 0.244 e. The number of rotatable bonds is 5. The molecule has 23 heavy (non-hydrogen) atoms. The summed E-state index contributed by atoms with van der Waals surface area (Å²) in [4.78, 5) is 11.9. The van der Waals surface area contributed by atoms with Gasteiger partial charge in [-0.05, 0) is 34.2 Å². The SMILES string of the molecule is O=C(/C=C\c1ccccc1)NCc1nnnn1-c1ccccc1. The Balaban J connectivity index is 1.62. The molecular formula is C17H15N5O. The maximum atomic E-state index is 11.9. The zero-order valence-electron chi connectivity index (χ0n) is 12.3. The molecule has 0 bridgehead atoms. The molecule has 1 N–H and O–H groups in total. The molecular weight excluding hydrogens is 290 g/mol. The number of nitrogens with zero attached hydrogens (tertiary/aromatic N) is 4. The summed E-state index contributed by atoms with van der Waals surface area (Å²) in [5.74, 6) is 0.370. The van der Waals surface area contributed by atoms with E-state index < -0.39 is 0 Å². The molecule has 0 aliphatic carbocycles. The van der Waals surface area contributed by atoms with Gasteiger partial charge in [-0.15, -0.1) is 5.10 Å². The van der Waals surface area contributed by atoms with Crippen molar-refractivity contribution in [2.45, 2.75) is 6.54 Å². The Kier molecular flexibility index (Phi) is 4.54. The Morgan fingerprint density at radius 3 is 2.48 bits per heavy atom. The number of hydrogen-bond acceptors (Lipinski definition) is 4. The van der Waals surface area contributed by atoms with Crippen LogP contribution in [0.2, 0.25) is 0 Å². The van der Waals surface area contributed by atoms with E-state index in [1.807, 2.05) is 60.7 Å². The minimum Gasteiger partial charge on any atom is -0.345 e. The lowest BCUT2D eigenvalue weighted by atomic mass is 10.2.